The van der Waals surface area contributed by atoms with Crippen molar-refractivity contribution in [3.05, 3.63) is 16.5 Å². The van der Waals surface area contributed by atoms with Crippen LogP contribution in [0, 0.1) is 6.92 Å². The molecule has 0 radical (unpaired) electrons. The topological polar surface area (TPSA) is 55.4 Å². The third kappa shape index (κ3) is 4.34. The van der Waals surface area contributed by atoms with E-state index in [0.29, 0.717) is 22.9 Å². The van der Waals surface area contributed by atoms with Crippen molar-refractivity contribution in [1.82, 2.24) is 0 Å². The van der Waals surface area contributed by atoms with Gasteiger partial charge in [0.25, 0.3) is 0 Å². The van der Waals surface area contributed by atoms with E-state index in [0.717, 1.165) is 11.3 Å². The summed E-state index contributed by atoms with van der Waals surface area (Å²) in [4.78, 5) is 23.7. The maximum absolute atomic E-state index is 11.6. The average molecular weight is 287 g/mol. The first-order chi connectivity index (χ1) is 8.58. The Morgan fingerprint density at radius 2 is 2.22 bits per heavy atom. The average Bonchev–Trinajstić information content (AvgIpc) is 2.68. The Morgan fingerprint density at radius 1 is 1.50 bits per heavy atom. The minimum Gasteiger partial charge on any atom is -0.462 e. The third-order valence-corrected chi connectivity index (χ3v) is 3.92. The summed E-state index contributed by atoms with van der Waals surface area (Å²) in [6.07, 6.45) is 2.44. The molecule has 0 bridgehead atoms. The van der Waals surface area contributed by atoms with Crippen molar-refractivity contribution in [2.75, 3.05) is 23.9 Å². The lowest BCUT2D eigenvalue weighted by Crippen LogP contribution is -2.10. The summed E-state index contributed by atoms with van der Waals surface area (Å²) in [5.74, 6) is 0.437. The molecule has 0 saturated carbocycles. The quantitative estimate of drug-likeness (QED) is 0.817. The largest absolute Gasteiger partial charge is 0.462 e. The Balaban J connectivity index is 2.66. The Morgan fingerprint density at radius 3 is 2.83 bits per heavy atom. The summed E-state index contributed by atoms with van der Waals surface area (Å²) in [5, 5.41) is 3.49. The maximum Gasteiger partial charge on any atom is 0.348 e. The summed E-state index contributed by atoms with van der Waals surface area (Å²) < 4.78 is 4.95. The van der Waals surface area contributed by atoms with Gasteiger partial charge in [0.2, 0.25) is 5.91 Å². The van der Waals surface area contributed by atoms with Crippen molar-refractivity contribution in [3.63, 3.8) is 0 Å². The number of aryl methyl sites for hydroxylation is 1. The van der Waals surface area contributed by atoms with Crippen molar-refractivity contribution in [2.45, 2.75) is 20.3 Å². The normalized spacial score (nSPS) is 10.2. The minimum atomic E-state index is -0.329. The van der Waals surface area contributed by atoms with E-state index in [-0.39, 0.29) is 11.9 Å². The van der Waals surface area contributed by atoms with E-state index in [1.807, 2.05) is 13.2 Å². The first-order valence-corrected chi connectivity index (χ1v) is 7.85. The molecule has 0 aliphatic heterocycles. The van der Waals surface area contributed by atoms with Gasteiger partial charge in [-0.1, -0.05) is 0 Å². The van der Waals surface area contributed by atoms with E-state index in [1.165, 1.54) is 11.3 Å². The van der Waals surface area contributed by atoms with Crippen LogP contribution in [0.1, 0.15) is 28.6 Å². The van der Waals surface area contributed by atoms with Crippen LogP contribution >= 0.6 is 23.1 Å². The lowest BCUT2D eigenvalue weighted by Gasteiger charge is -2.00. The second-order valence-corrected chi connectivity index (χ2v) is 5.67. The van der Waals surface area contributed by atoms with Gasteiger partial charge in [0, 0.05) is 12.2 Å². The molecule has 0 fully saturated rings. The highest BCUT2D eigenvalue weighted by Gasteiger charge is 2.15. The molecular weight excluding hydrogens is 270 g/mol. The lowest BCUT2D eigenvalue weighted by atomic mass is 10.3. The fraction of sp³-hybridized carbons (Fsp3) is 0.500. The van der Waals surface area contributed by atoms with Gasteiger partial charge < -0.3 is 10.1 Å². The number of thiophene rings is 1. The second-order valence-electron chi connectivity index (χ2n) is 3.63. The molecule has 0 aliphatic carbocycles. The van der Waals surface area contributed by atoms with Gasteiger partial charge in [-0.25, -0.2) is 4.79 Å². The van der Waals surface area contributed by atoms with Crippen molar-refractivity contribution in [1.29, 1.82) is 0 Å². The third-order valence-electron chi connectivity index (χ3n) is 2.17. The van der Waals surface area contributed by atoms with Crippen LogP contribution in [-0.4, -0.2) is 30.5 Å². The SMILES string of the molecule is CCOC(=O)c1sc(NC(=O)CCSC)cc1C. The van der Waals surface area contributed by atoms with Gasteiger partial charge in [-0.2, -0.15) is 11.8 Å². The van der Waals surface area contributed by atoms with Crippen LogP contribution in [0.5, 0.6) is 0 Å². The van der Waals surface area contributed by atoms with E-state index in [4.69, 9.17) is 4.74 Å². The number of carbonyl (C=O) groups excluding carboxylic acids is 2. The summed E-state index contributed by atoms with van der Waals surface area (Å²) >= 11 is 2.88. The van der Waals surface area contributed by atoms with E-state index in [1.54, 1.807) is 24.8 Å². The number of esters is 1. The maximum atomic E-state index is 11.6. The van der Waals surface area contributed by atoms with Crippen molar-refractivity contribution in [2.24, 2.45) is 0 Å². The van der Waals surface area contributed by atoms with Crippen molar-refractivity contribution < 1.29 is 14.3 Å². The number of anilines is 1. The molecule has 1 aromatic heterocycles. The number of ether oxygens (including phenoxy) is 1. The fourth-order valence-corrected chi connectivity index (χ4v) is 2.71. The second kappa shape index (κ2) is 7.43. The Kier molecular flexibility index (Phi) is 6.21. The van der Waals surface area contributed by atoms with Crippen LogP contribution in [0.2, 0.25) is 0 Å². The van der Waals surface area contributed by atoms with Crippen LogP contribution in [0.25, 0.3) is 0 Å². The van der Waals surface area contributed by atoms with E-state index in [9.17, 15) is 9.59 Å². The number of thioether (sulfide) groups is 1. The van der Waals surface area contributed by atoms with Crippen LogP contribution in [0.3, 0.4) is 0 Å². The van der Waals surface area contributed by atoms with Gasteiger partial charge in [0.1, 0.15) is 4.88 Å². The molecule has 100 valence electrons. The molecule has 18 heavy (non-hydrogen) atoms. The Hall–Kier alpha value is -1.01. The number of hydrogen-bond donors (Lipinski definition) is 1. The predicted octanol–water partition coefficient (Wildman–Crippen LogP) is 2.92. The van der Waals surface area contributed by atoms with E-state index < -0.39 is 0 Å². The number of rotatable bonds is 6. The fourth-order valence-electron chi connectivity index (χ4n) is 1.34. The highest BCUT2D eigenvalue weighted by molar-refractivity contribution is 7.98. The highest BCUT2D eigenvalue weighted by atomic mass is 32.2. The first kappa shape index (κ1) is 15.0. The number of carbonyl (C=O) groups is 2. The summed E-state index contributed by atoms with van der Waals surface area (Å²) in [5.41, 5.74) is 0.832. The molecule has 0 spiro atoms. The molecule has 0 atom stereocenters. The van der Waals surface area contributed by atoms with Gasteiger partial charge in [0.05, 0.1) is 11.6 Å². The summed E-state index contributed by atoms with van der Waals surface area (Å²) in [7, 11) is 0. The number of hydrogen-bond acceptors (Lipinski definition) is 5. The number of amides is 1. The van der Waals surface area contributed by atoms with E-state index in [2.05, 4.69) is 5.32 Å². The molecule has 0 aromatic carbocycles. The molecule has 6 heteroatoms. The monoisotopic (exact) mass is 287 g/mol. The zero-order valence-electron chi connectivity index (χ0n) is 10.7. The molecule has 1 aromatic rings. The van der Waals surface area contributed by atoms with Crippen molar-refractivity contribution >= 4 is 40.0 Å². The molecule has 1 heterocycles. The molecule has 0 saturated heterocycles. The van der Waals surface area contributed by atoms with Crippen LogP contribution in [0.4, 0.5) is 5.00 Å². The van der Waals surface area contributed by atoms with Gasteiger partial charge in [-0.3, -0.25) is 4.79 Å². The standard InChI is InChI=1S/C12H17NO3S2/c1-4-16-12(15)11-8(2)7-10(18-11)13-9(14)5-6-17-3/h7H,4-6H2,1-3H3,(H,13,14). The Labute approximate surface area is 115 Å². The molecular formula is C12H17NO3S2. The van der Waals surface area contributed by atoms with Crippen LogP contribution in [-0.2, 0) is 9.53 Å². The molecule has 1 amide bonds. The van der Waals surface area contributed by atoms with Crippen molar-refractivity contribution in [3.8, 4) is 0 Å². The zero-order chi connectivity index (χ0) is 13.5. The summed E-state index contributed by atoms with van der Waals surface area (Å²) in [6, 6.07) is 1.80. The van der Waals surface area contributed by atoms with Crippen LogP contribution in [0.15, 0.2) is 6.07 Å². The van der Waals surface area contributed by atoms with Gasteiger partial charge in [-0.05, 0) is 31.7 Å². The lowest BCUT2D eigenvalue weighted by molar-refractivity contribution is -0.115. The van der Waals surface area contributed by atoms with E-state index >= 15 is 0 Å². The first-order valence-electron chi connectivity index (χ1n) is 5.64. The highest BCUT2D eigenvalue weighted by Crippen LogP contribution is 2.27. The molecule has 1 N–H and O–H groups in total. The molecule has 0 aliphatic rings. The summed E-state index contributed by atoms with van der Waals surface area (Å²) in [6.45, 7) is 3.96. The van der Waals surface area contributed by atoms with Gasteiger partial charge >= 0.3 is 5.97 Å². The van der Waals surface area contributed by atoms with Gasteiger partial charge in [0.15, 0.2) is 0 Å². The zero-order valence-corrected chi connectivity index (χ0v) is 12.4. The molecule has 4 nitrogen and oxygen atoms in total. The Bertz CT molecular complexity index is 429. The predicted molar refractivity (Wildman–Crippen MR) is 76.6 cm³/mol. The molecule has 0 unspecified atom stereocenters. The van der Waals surface area contributed by atoms with Gasteiger partial charge in [-0.15, -0.1) is 11.3 Å². The molecule has 1 rings (SSSR count). The number of nitrogens with one attached hydrogen (secondary N) is 1. The van der Waals surface area contributed by atoms with Crippen LogP contribution < -0.4 is 5.32 Å². The minimum absolute atomic E-state index is 0.0268. The smallest absolute Gasteiger partial charge is 0.348 e.